The summed E-state index contributed by atoms with van der Waals surface area (Å²) in [6, 6.07) is 0. The van der Waals surface area contributed by atoms with Crippen LogP contribution < -0.4 is 5.73 Å². The molecule has 0 fully saturated rings. The fourth-order valence-corrected chi connectivity index (χ4v) is 12.4. The standard InChI is InChI=1S/C71H142NO8P/c1-3-5-7-9-11-13-15-17-19-21-23-25-26-27-28-29-30-31-32-33-34-35-36-37-38-39-40-41-42-44-46-48-50-52-54-56-58-60-62-64-71(74)80-69(68-79-81(75,76)78-66-65-72)67-77-70(73)63-61-59-57-55-53-51-49-47-45-43-24-22-20-18-16-14-12-10-8-6-4-2/h69H,3-68,72H2,1-2H3,(H,75,76). The zero-order chi connectivity index (χ0) is 58.7. The lowest BCUT2D eigenvalue weighted by molar-refractivity contribution is -0.161. The highest BCUT2D eigenvalue weighted by Gasteiger charge is 2.26. The van der Waals surface area contributed by atoms with Crippen molar-refractivity contribution >= 4 is 19.8 Å². The van der Waals surface area contributed by atoms with Crippen LogP contribution in [0.25, 0.3) is 0 Å². The van der Waals surface area contributed by atoms with E-state index in [4.69, 9.17) is 24.3 Å². The Balaban J connectivity index is 3.72. The maximum absolute atomic E-state index is 12.8. The number of phosphoric ester groups is 1. The number of hydrogen-bond donors (Lipinski definition) is 2. The summed E-state index contributed by atoms with van der Waals surface area (Å²) < 4.78 is 33.2. The highest BCUT2D eigenvalue weighted by atomic mass is 31.2. The molecule has 0 aromatic carbocycles. The van der Waals surface area contributed by atoms with Gasteiger partial charge < -0.3 is 20.1 Å². The van der Waals surface area contributed by atoms with Crippen molar-refractivity contribution in [1.82, 2.24) is 0 Å². The van der Waals surface area contributed by atoms with Gasteiger partial charge in [0.1, 0.15) is 6.61 Å². The van der Waals surface area contributed by atoms with E-state index in [-0.39, 0.29) is 32.1 Å². The summed E-state index contributed by atoms with van der Waals surface area (Å²) in [6.07, 6.45) is 80.9. The molecule has 81 heavy (non-hydrogen) atoms. The summed E-state index contributed by atoms with van der Waals surface area (Å²) in [5, 5.41) is 0. The molecule has 0 amide bonds. The Morgan fingerprint density at radius 2 is 0.531 bits per heavy atom. The molecule has 0 spiro atoms. The van der Waals surface area contributed by atoms with Crippen molar-refractivity contribution in [2.24, 2.45) is 5.73 Å². The third-order valence-electron chi connectivity index (χ3n) is 17.0. The second-order valence-corrected chi connectivity index (χ2v) is 26.6. The molecular weight excluding hydrogens is 1030 g/mol. The quantitative estimate of drug-likeness (QED) is 0.0347. The molecule has 0 rings (SSSR count). The highest BCUT2D eigenvalue weighted by molar-refractivity contribution is 7.47. The van der Waals surface area contributed by atoms with Gasteiger partial charge in [-0.05, 0) is 12.8 Å². The first kappa shape index (κ1) is 80.0. The number of carbonyl (C=O) groups excluding carboxylic acids is 2. The van der Waals surface area contributed by atoms with Gasteiger partial charge in [0.25, 0.3) is 0 Å². The molecule has 0 bridgehead atoms. The molecule has 0 saturated carbocycles. The van der Waals surface area contributed by atoms with E-state index in [0.29, 0.717) is 12.8 Å². The Hall–Kier alpha value is -0.990. The van der Waals surface area contributed by atoms with Gasteiger partial charge in [0.05, 0.1) is 13.2 Å². The molecule has 0 radical (unpaired) electrons. The van der Waals surface area contributed by atoms with Crippen LogP contribution in [0.5, 0.6) is 0 Å². The molecule has 9 nitrogen and oxygen atoms in total. The minimum Gasteiger partial charge on any atom is -0.462 e. The van der Waals surface area contributed by atoms with Gasteiger partial charge in [0, 0.05) is 19.4 Å². The normalized spacial score (nSPS) is 12.8. The van der Waals surface area contributed by atoms with E-state index in [9.17, 15) is 19.0 Å². The smallest absolute Gasteiger partial charge is 0.462 e. The monoisotopic (exact) mass is 1170 g/mol. The number of rotatable bonds is 71. The fraction of sp³-hybridized carbons (Fsp3) is 0.972. The van der Waals surface area contributed by atoms with Gasteiger partial charge in [-0.25, -0.2) is 4.57 Å². The van der Waals surface area contributed by atoms with Gasteiger partial charge in [0.15, 0.2) is 6.10 Å². The number of carbonyl (C=O) groups is 2. The Bertz CT molecular complexity index is 1290. The van der Waals surface area contributed by atoms with Gasteiger partial charge >= 0.3 is 19.8 Å². The van der Waals surface area contributed by atoms with E-state index < -0.39 is 26.5 Å². The van der Waals surface area contributed by atoms with Crippen molar-refractivity contribution in [3.05, 3.63) is 0 Å². The largest absolute Gasteiger partial charge is 0.472 e. The number of esters is 2. The molecule has 0 aliphatic heterocycles. The second-order valence-electron chi connectivity index (χ2n) is 25.2. The van der Waals surface area contributed by atoms with Crippen LogP contribution in [0, 0.1) is 0 Å². The summed E-state index contributed by atoms with van der Waals surface area (Å²) in [5.74, 6) is -0.798. The van der Waals surface area contributed by atoms with Gasteiger partial charge in [-0.1, -0.05) is 386 Å². The van der Waals surface area contributed by atoms with E-state index in [1.165, 1.54) is 347 Å². The lowest BCUT2D eigenvalue weighted by Crippen LogP contribution is -2.29. The van der Waals surface area contributed by atoms with E-state index in [0.717, 1.165) is 32.1 Å². The minimum absolute atomic E-state index is 0.0588. The third-order valence-corrected chi connectivity index (χ3v) is 18.0. The number of hydrogen-bond acceptors (Lipinski definition) is 8. The van der Waals surface area contributed by atoms with Crippen molar-refractivity contribution in [1.29, 1.82) is 0 Å². The van der Waals surface area contributed by atoms with Crippen molar-refractivity contribution in [2.45, 2.75) is 418 Å². The predicted octanol–water partition coefficient (Wildman–Crippen LogP) is 23.8. The molecule has 0 heterocycles. The molecular formula is C71H142NO8P. The Morgan fingerprint density at radius 1 is 0.321 bits per heavy atom. The molecule has 484 valence electrons. The maximum atomic E-state index is 12.8. The Kier molecular flexibility index (Phi) is 67.3. The van der Waals surface area contributed by atoms with E-state index in [1.54, 1.807) is 0 Å². The van der Waals surface area contributed by atoms with Gasteiger partial charge in [-0.2, -0.15) is 0 Å². The Morgan fingerprint density at radius 3 is 0.753 bits per heavy atom. The lowest BCUT2D eigenvalue weighted by atomic mass is 10.0. The zero-order valence-electron chi connectivity index (χ0n) is 54.6. The summed E-state index contributed by atoms with van der Waals surface area (Å²) >= 11 is 0. The van der Waals surface area contributed by atoms with E-state index in [1.807, 2.05) is 0 Å². The fourth-order valence-electron chi connectivity index (χ4n) is 11.6. The van der Waals surface area contributed by atoms with Crippen LogP contribution in [-0.2, 0) is 32.7 Å². The van der Waals surface area contributed by atoms with Crippen LogP contribution in [0.2, 0.25) is 0 Å². The molecule has 2 atom stereocenters. The number of ether oxygens (including phenoxy) is 2. The van der Waals surface area contributed by atoms with Crippen molar-refractivity contribution in [3.8, 4) is 0 Å². The molecule has 3 N–H and O–H groups in total. The minimum atomic E-state index is -4.38. The highest BCUT2D eigenvalue weighted by Crippen LogP contribution is 2.43. The number of unbranched alkanes of at least 4 members (excludes halogenated alkanes) is 58. The zero-order valence-corrected chi connectivity index (χ0v) is 55.5. The van der Waals surface area contributed by atoms with Crippen LogP contribution in [0.1, 0.15) is 412 Å². The van der Waals surface area contributed by atoms with Crippen LogP contribution >= 0.6 is 7.82 Å². The summed E-state index contributed by atoms with van der Waals surface area (Å²) in [4.78, 5) is 35.3. The average molecular weight is 1170 g/mol. The third kappa shape index (κ3) is 68.0. The number of phosphoric acid groups is 1. The maximum Gasteiger partial charge on any atom is 0.472 e. The van der Waals surface area contributed by atoms with Crippen LogP contribution in [-0.4, -0.2) is 49.3 Å². The molecule has 0 aliphatic carbocycles. The summed E-state index contributed by atoms with van der Waals surface area (Å²) in [7, 11) is -4.38. The van der Waals surface area contributed by atoms with Crippen molar-refractivity contribution in [3.63, 3.8) is 0 Å². The SMILES string of the molecule is CCCCCCCCCCCCCCCCCCCCCCCCCCCCCCCCCCCCCCCCCC(=O)OC(COC(=O)CCCCCCCCCCCCCCCCCCCCCCC)COP(=O)(O)OCCN. The summed E-state index contributed by atoms with van der Waals surface area (Å²) in [6.45, 7) is 3.84. The van der Waals surface area contributed by atoms with Gasteiger partial charge in [-0.3, -0.25) is 18.6 Å². The van der Waals surface area contributed by atoms with E-state index in [2.05, 4.69) is 13.8 Å². The molecule has 2 unspecified atom stereocenters. The first-order chi connectivity index (χ1) is 39.8. The molecule has 0 aromatic heterocycles. The van der Waals surface area contributed by atoms with Crippen LogP contribution in [0.15, 0.2) is 0 Å². The lowest BCUT2D eigenvalue weighted by Gasteiger charge is -2.19. The first-order valence-corrected chi connectivity index (χ1v) is 38.0. The predicted molar refractivity (Wildman–Crippen MR) is 349 cm³/mol. The van der Waals surface area contributed by atoms with Crippen LogP contribution in [0.3, 0.4) is 0 Å². The van der Waals surface area contributed by atoms with Crippen LogP contribution in [0.4, 0.5) is 0 Å². The average Bonchev–Trinajstić information content (AvgIpc) is 3.46. The molecule has 0 aromatic rings. The molecule has 0 aliphatic rings. The second kappa shape index (κ2) is 68.1. The topological polar surface area (TPSA) is 134 Å². The van der Waals surface area contributed by atoms with E-state index >= 15 is 0 Å². The van der Waals surface area contributed by atoms with Crippen molar-refractivity contribution < 1.29 is 37.6 Å². The van der Waals surface area contributed by atoms with Gasteiger partial charge in [0.2, 0.25) is 0 Å². The Labute approximate surface area is 505 Å². The van der Waals surface area contributed by atoms with Crippen molar-refractivity contribution in [2.75, 3.05) is 26.4 Å². The first-order valence-electron chi connectivity index (χ1n) is 36.5. The molecule has 0 saturated heterocycles. The van der Waals surface area contributed by atoms with Gasteiger partial charge in [-0.15, -0.1) is 0 Å². The number of nitrogens with two attached hydrogens (primary N) is 1. The summed E-state index contributed by atoms with van der Waals surface area (Å²) in [5.41, 5.74) is 5.40. The molecule has 10 heteroatoms.